The molecular formula is C21H27N3O. The van der Waals surface area contributed by atoms with Gasteiger partial charge in [0.05, 0.1) is 12.3 Å². The predicted molar refractivity (Wildman–Crippen MR) is 99.6 cm³/mol. The molecule has 2 aliphatic heterocycles. The van der Waals surface area contributed by atoms with E-state index in [1.807, 2.05) is 12.3 Å². The van der Waals surface area contributed by atoms with Crippen LogP contribution in [0.5, 0.6) is 5.75 Å². The summed E-state index contributed by atoms with van der Waals surface area (Å²) in [6, 6.07) is 13.5. The fraction of sp³-hybridized carbons (Fsp3) is 0.476. The second kappa shape index (κ2) is 7.98. The summed E-state index contributed by atoms with van der Waals surface area (Å²) in [6.45, 7) is 4.98. The molecular weight excluding hydrogens is 310 g/mol. The van der Waals surface area contributed by atoms with E-state index < -0.39 is 0 Å². The van der Waals surface area contributed by atoms with Crippen molar-refractivity contribution in [3.63, 3.8) is 0 Å². The van der Waals surface area contributed by atoms with E-state index in [1.165, 1.54) is 30.4 Å². The molecule has 0 radical (unpaired) electrons. The first-order valence-electron chi connectivity index (χ1n) is 9.48. The Morgan fingerprint density at radius 1 is 1.12 bits per heavy atom. The van der Waals surface area contributed by atoms with Crippen LogP contribution in [0.4, 0.5) is 0 Å². The van der Waals surface area contributed by atoms with E-state index in [9.17, 15) is 0 Å². The Kier molecular flexibility index (Phi) is 5.28. The lowest BCUT2D eigenvalue weighted by Crippen LogP contribution is -2.35. The summed E-state index contributed by atoms with van der Waals surface area (Å²) in [5.41, 5.74) is 3.90. The van der Waals surface area contributed by atoms with Crippen molar-refractivity contribution in [1.29, 1.82) is 0 Å². The van der Waals surface area contributed by atoms with E-state index in [-0.39, 0.29) is 0 Å². The summed E-state index contributed by atoms with van der Waals surface area (Å²) in [5.74, 6) is 1.07. The molecule has 0 aliphatic carbocycles. The Labute approximate surface area is 150 Å². The molecule has 1 N–H and O–H groups in total. The summed E-state index contributed by atoms with van der Waals surface area (Å²) < 4.78 is 5.66. The van der Waals surface area contributed by atoms with E-state index in [4.69, 9.17) is 4.74 Å². The SMILES string of the molecule is c1ccc(CN(Cc2ccc3c(c2)CCO3)[C@@H]2CCCNCC2)nc1. The maximum absolute atomic E-state index is 5.66. The number of aromatic nitrogens is 1. The fourth-order valence-corrected chi connectivity index (χ4v) is 3.95. The molecule has 1 saturated heterocycles. The molecule has 25 heavy (non-hydrogen) atoms. The number of ether oxygens (including phenoxy) is 1. The normalized spacial score (nSPS) is 20.1. The van der Waals surface area contributed by atoms with Gasteiger partial charge in [0.2, 0.25) is 0 Å². The van der Waals surface area contributed by atoms with Gasteiger partial charge in [-0.1, -0.05) is 18.2 Å². The van der Waals surface area contributed by atoms with Crippen molar-refractivity contribution in [2.45, 2.75) is 44.8 Å². The highest BCUT2D eigenvalue weighted by Gasteiger charge is 2.22. The number of fused-ring (bicyclic) bond motifs is 1. The van der Waals surface area contributed by atoms with Crippen LogP contribution in [0.15, 0.2) is 42.6 Å². The molecule has 3 heterocycles. The molecule has 1 fully saturated rings. The molecule has 0 bridgehead atoms. The van der Waals surface area contributed by atoms with Gasteiger partial charge in [-0.3, -0.25) is 9.88 Å². The monoisotopic (exact) mass is 337 g/mol. The van der Waals surface area contributed by atoms with Crippen molar-refractivity contribution in [3.8, 4) is 5.75 Å². The molecule has 4 heteroatoms. The van der Waals surface area contributed by atoms with Crippen LogP contribution in [0, 0.1) is 0 Å². The van der Waals surface area contributed by atoms with Crippen LogP contribution < -0.4 is 10.1 Å². The number of nitrogens with one attached hydrogen (secondary N) is 1. The Morgan fingerprint density at radius 2 is 2.12 bits per heavy atom. The Balaban J connectivity index is 1.53. The van der Waals surface area contributed by atoms with Crippen molar-refractivity contribution in [2.75, 3.05) is 19.7 Å². The van der Waals surface area contributed by atoms with Gasteiger partial charge in [0.25, 0.3) is 0 Å². The third-order valence-corrected chi connectivity index (χ3v) is 5.29. The van der Waals surface area contributed by atoms with Crippen molar-refractivity contribution < 1.29 is 4.74 Å². The molecule has 2 aromatic rings. The zero-order valence-corrected chi connectivity index (χ0v) is 14.8. The second-order valence-corrected chi connectivity index (χ2v) is 7.10. The molecule has 1 aromatic carbocycles. The standard InChI is InChI=1S/C21H27N3O/c1-2-11-23-19(4-1)16-24(20-5-3-10-22-12-8-20)15-17-6-7-21-18(14-17)9-13-25-21/h1-2,4,6-7,11,14,20,22H,3,5,8-10,12-13,15-16H2/t20-/m1/s1. The molecule has 0 spiro atoms. The summed E-state index contributed by atoms with van der Waals surface area (Å²) in [7, 11) is 0. The minimum atomic E-state index is 0.613. The molecule has 1 aromatic heterocycles. The largest absolute Gasteiger partial charge is 0.493 e. The van der Waals surface area contributed by atoms with E-state index >= 15 is 0 Å². The Hall–Kier alpha value is -1.91. The van der Waals surface area contributed by atoms with Crippen LogP contribution in [-0.4, -0.2) is 35.6 Å². The van der Waals surface area contributed by atoms with Gasteiger partial charge in [0, 0.05) is 31.7 Å². The molecule has 1 atom stereocenters. The highest BCUT2D eigenvalue weighted by atomic mass is 16.5. The quantitative estimate of drug-likeness (QED) is 0.909. The van der Waals surface area contributed by atoms with Crippen LogP contribution in [-0.2, 0) is 19.5 Å². The van der Waals surface area contributed by atoms with Gasteiger partial charge >= 0.3 is 0 Å². The summed E-state index contributed by atoms with van der Waals surface area (Å²) >= 11 is 0. The van der Waals surface area contributed by atoms with Gasteiger partial charge in [0.15, 0.2) is 0 Å². The average Bonchev–Trinajstić information content (AvgIpc) is 2.94. The Bertz CT molecular complexity index is 681. The molecule has 0 saturated carbocycles. The van der Waals surface area contributed by atoms with E-state index in [2.05, 4.69) is 45.5 Å². The van der Waals surface area contributed by atoms with E-state index in [0.29, 0.717) is 6.04 Å². The zero-order chi connectivity index (χ0) is 16.9. The van der Waals surface area contributed by atoms with Gasteiger partial charge in [-0.25, -0.2) is 0 Å². The van der Waals surface area contributed by atoms with Crippen LogP contribution in [0.3, 0.4) is 0 Å². The summed E-state index contributed by atoms with van der Waals surface area (Å²) in [6.07, 6.45) is 6.65. The van der Waals surface area contributed by atoms with Crippen molar-refractivity contribution in [3.05, 3.63) is 59.4 Å². The first kappa shape index (κ1) is 16.6. The number of pyridine rings is 1. The van der Waals surface area contributed by atoms with Crippen molar-refractivity contribution >= 4 is 0 Å². The molecule has 132 valence electrons. The smallest absolute Gasteiger partial charge is 0.122 e. The first-order chi connectivity index (χ1) is 12.4. The van der Waals surface area contributed by atoms with Gasteiger partial charge in [-0.15, -0.1) is 0 Å². The molecule has 2 aliphatic rings. The molecule has 0 unspecified atom stereocenters. The highest BCUT2D eigenvalue weighted by molar-refractivity contribution is 5.39. The first-order valence-corrected chi connectivity index (χ1v) is 9.48. The van der Waals surface area contributed by atoms with Crippen LogP contribution >= 0.6 is 0 Å². The van der Waals surface area contributed by atoms with Gasteiger partial charge in [-0.05, 0) is 61.7 Å². The van der Waals surface area contributed by atoms with Gasteiger partial charge < -0.3 is 10.1 Å². The van der Waals surface area contributed by atoms with Crippen LogP contribution in [0.25, 0.3) is 0 Å². The number of rotatable bonds is 5. The summed E-state index contributed by atoms with van der Waals surface area (Å²) in [4.78, 5) is 7.18. The highest BCUT2D eigenvalue weighted by Crippen LogP contribution is 2.27. The minimum absolute atomic E-state index is 0.613. The second-order valence-electron chi connectivity index (χ2n) is 7.10. The van der Waals surface area contributed by atoms with Crippen molar-refractivity contribution in [2.24, 2.45) is 0 Å². The van der Waals surface area contributed by atoms with Crippen molar-refractivity contribution in [1.82, 2.24) is 15.2 Å². The van der Waals surface area contributed by atoms with E-state index in [1.54, 1.807) is 0 Å². The van der Waals surface area contributed by atoms with Crippen LogP contribution in [0.2, 0.25) is 0 Å². The zero-order valence-electron chi connectivity index (χ0n) is 14.8. The topological polar surface area (TPSA) is 37.4 Å². The average molecular weight is 337 g/mol. The predicted octanol–water partition coefficient (Wildman–Crippen LogP) is 3.16. The third-order valence-electron chi connectivity index (χ3n) is 5.29. The third kappa shape index (κ3) is 4.20. The number of hydrogen-bond donors (Lipinski definition) is 1. The molecule has 0 amide bonds. The van der Waals surface area contributed by atoms with Gasteiger partial charge in [0.1, 0.15) is 5.75 Å². The Morgan fingerprint density at radius 3 is 3.04 bits per heavy atom. The minimum Gasteiger partial charge on any atom is -0.493 e. The summed E-state index contributed by atoms with van der Waals surface area (Å²) in [5, 5.41) is 3.53. The number of hydrogen-bond acceptors (Lipinski definition) is 4. The molecule has 4 nitrogen and oxygen atoms in total. The lowest BCUT2D eigenvalue weighted by Gasteiger charge is -2.31. The maximum Gasteiger partial charge on any atom is 0.122 e. The number of nitrogens with zero attached hydrogens (tertiary/aromatic N) is 2. The fourth-order valence-electron chi connectivity index (χ4n) is 3.95. The molecule has 4 rings (SSSR count). The lowest BCUT2D eigenvalue weighted by atomic mass is 10.0. The maximum atomic E-state index is 5.66. The van der Waals surface area contributed by atoms with E-state index in [0.717, 1.165) is 50.7 Å². The van der Waals surface area contributed by atoms with Gasteiger partial charge in [-0.2, -0.15) is 0 Å². The van der Waals surface area contributed by atoms with Crippen LogP contribution in [0.1, 0.15) is 36.1 Å². The number of benzene rings is 1. The lowest BCUT2D eigenvalue weighted by molar-refractivity contribution is 0.162.